The van der Waals surface area contributed by atoms with Gasteiger partial charge in [0.15, 0.2) is 0 Å². The molecule has 0 aliphatic heterocycles. The van der Waals surface area contributed by atoms with Crippen LogP contribution < -0.4 is 5.32 Å². The summed E-state index contributed by atoms with van der Waals surface area (Å²) in [6.45, 7) is 6.20. The monoisotopic (exact) mass is 310 g/mol. The second-order valence-corrected chi connectivity index (χ2v) is 5.80. The van der Waals surface area contributed by atoms with Crippen molar-refractivity contribution in [1.29, 1.82) is 0 Å². The van der Waals surface area contributed by atoms with Gasteiger partial charge < -0.3 is 9.88 Å². The molecule has 4 heteroatoms. The van der Waals surface area contributed by atoms with Crippen molar-refractivity contribution in [2.45, 2.75) is 32.9 Å². The van der Waals surface area contributed by atoms with Crippen LogP contribution in [-0.2, 0) is 6.54 Å². The zero-order valence-electron chi connectivity index (χ0n) is 11.9. The van der Waals surface area contributed by atoms with E-state index in [9.17, 15) is 0 Å². The topological polar surface area (TPSA) is 17.0 Å². The average molecular weight is 311 g/mol. The molecule has 0 aliphatic rings. The molecular formula is C16H20Cl2N2. The van der Waals surface area contributed by atoms with Gasteiger partial charge in [-0.1, -0.05) is 36.2 Å². The Hall–Kier alpha value is -0.960. The summed E-state index contributed by atoms with van der Waals surface area (Å²) in [7, 11) is 0. The second kappa shape index (κ2) is 7.16. The minimum absolute atomic E-state index is 0.340. The molecule has 2 rings (SSSR count). The summed E-state index contributed by atoms with van der Waals surface area (Å²) in [4.78, 5) is 0. The molecule has 0 amide bonds. The van der Waals surface area contributed by atoms with Crippen LogP contribution in [0.3, 0.4) is 0 Å². The van der Waals surface area contributed by atoms with Crippen LogP contribution in [0.1, 0.15) is 37.6 Å². The maximum Gasteiger partial charge on any atom is 0.0595 e. The second-order valence-electron chi connectivity index (χ2n) is 4.99. The predicted molar refractivity (Wildman–Crippen MR) is 86.7 cm³/mol. The third-order valence-corrected chi connectivity index (χ3v) is 4.08. The summed E-state index contributed by atoms with van der Waals surface area (Å²) in [5.74, 6) is 0. The van der Waals surface area contributed by atoms with Crippen LogP contribution in [-0.4, -0.2) is 11.1 Å². The Morgan fingerprint density at radius 1 is 1.20 bits per heavy atom. The van der Waals surface area contributed by atoms with Crippen molar-refractivity contribution in [3.63, 3.8) is 0 Å². The lowest BCUT2D eigenvalue weighted by Crippen LogP contribution is -2.22. The van der Waals surface area contributed by atoms with Gasteiger partial charge in [-0.2, -0.15) is 0 Å². The van der Waals surface area contributed by atoms with Crippen molar-refractivity contribution < 1.29 is 0 Å². The van der Waals surface area contributed by atoms with E-state index in [4.69, 9.17) is 23.2 Å². The molecule has 1 unspecified atom stereocenters. The number of halogens is 2. The molecule has 0 radical (unpaired) electrons. The Bertz CT molecular complexity index is 563. The van der Waals surface area contributed by atoms with Gasteiger partial charge in [0.25, 0.3) is 0 Å². The smallest absolute Gasteiger partial charge is 0.0595 e. The molecule has 1 aromatic carbocycles. The molecule has 0 spiro atoms. The Morgan fingerprint density at radius 3 is 2.70 bits per heavy atom. The summed E-state index contributed by atoms with van der Waals surface area (Å²) in [5, 5.41) is 4.72. The number of nitrogens with zero attached hydrogens (tertiary/aromatic N) is 1. The van der Waals surface area contributed by atoms with Gasteiger partial charge in [-0.3, -0.25) is 0 Å². The first-order chi connectivity index (χ1) is 9.61. The third-order valence-electron chi connectivity index (χ3n) is 3.35. The van der Waals surface area contributed by atoms with Crippen LogP contribution >= 0.6 is 23.2 Å². The number of rotatable bonds is 6. The highest BCUT2D eigenvalue weighted by atomic mass is 35.5. The number of hydrogen-bond acceptors (Lipinski definition) is 1. The molecule has 0 fully saturated rings. The fourth-order valence-electron chi connectivity index (χ4n) is 2.26. The molecule has 0 aliphatic carbocycles. The van der Waals surface area contributed by atoms with Gasteiger partial charge >= 0.3 is 0 Å². The molecule has 1 atom stereocenters. The summed E-state index contributed by atoms with van der Waals surface area (Å²) in [6, 6.07) is 10.4. The highest BCUT2D eigenvalue weighted by Gasteiger charge is 2.10. The lowest BCUT2D eigenvalue weighted by atomic mass is 10.2. The van der Waals surface area contributed by atoms with Crippen LogP contribution in [0.4, 0.5) is 0 Å². The van der Waals surface area contributed by atoms with E-state index in [2.05, 4.69) is 42.1 Å². The Labute approximate surface area is 130 Å². The van der Waals surface area contributed by atoms with Crippen molar-refractivity contribution in [2.24, 2.45) is 0 Å². The van der Waals surface area contributed by atoms with Gasteiger partial charge in [0.2, 0.25) is 0 Å². The third kappa shape index (κ3) is 3.78. The average Bonchev–Trinajstić information content (AvgIpc) is 2.88. The number of benzene rings is 1. The predicted octanol–water partition coefficient (Wildman–Crippen LogP) is 4.90. The van der Waals surface area contributed by atoms with E-state index < -0.39 is 0 Å². The van der Waals surface area contributed by atoms with E-state index >= 15 is 0 Å². The van der Waals surface area contributed by atoms with Crippen molar-refractivity contribution in [3.8, 4) is 0 Å². The van der Waals surface area contributed by atoms with E-state index in [-0.39, 0.29) is 0 Å². The Morgan fingerprint density at radius 2 is 2.00 bits per heavy atom. The first-order valence-corrected chi connectivity index (χ1v) is 7.69. The molecule has 0 saturated carbocycles. The highest BCUT2D eigenvalue weighted by Crippen LogP contribution is 2.24. The standard InChI is InChI=1S/C16H20Cl2N2/c1-3-8-19-12(2)16-5-4-9-20(16)11-13-6-7-14(17)15(18)10-13/h4-7,9-10,12,19H,3,8,11H2,1-2H3. The van der Waals surface area contributed by atoms with Crippen molar-refractivity contribution in [2.75, 3.05) is 6.54 Å². The van der Waals surface area contributed by atoms with E-state index in [1.54, 1.807) is 0 Å². The van der Waals surface area contributed by atoms with E-state index in [0.717, 1.165) is 25.1 Å². The van der Waals surface area contributed by atoms with Crippen LogP contribution in [0, 0.1) is 0 Å². The molecule has 1 heterocycles. The zero-order valence-corrected chi connectivity index (χ0v) is 13.4. The minimum atomic E-state index is 0.340. The summed E-state index contributed by atoms with van der Waals surface area (Å²) in [6.07, 6.45) is 3.24. The van der Waals surface area contributed by atoms with Gasteiger partial charge in [-0.15, -0.1) is 0 Å². The lowest BCUT2D eigenvalue weighted by molar-refractivity contribution is 0.534. The molecule has 2 aromatic rings. The van der Waals surface area contributed by atoms with Crippen molar-refractivity contribution in [1.82, 2.24) is 9.88 Å². The van der Waals surface area contributed by atoms with Crippen LogP contribution in [0.2, 0.25) is 10.0 Å². The molecule has 0 bridgehead atoms. The van der Waals surface area contributed by atoms with E-state index in [0.29, 0.717) is 16.1 Å². The van der Waals surface area contributed by atoms with Gasteiger partial charge in [-0.25, -0.2) is 0 Å². The zero-order chi connectivity index (χ0) is 14.5. The molecule has 20 heavy (non-hydrogen) atoms. The van der Waals surface area contributed by atoms with Crippen molar-refractivity contribution in [3.05, 3.63) is 57.8 Å². The Balaban J connectivity index is 2.13. The fraction of sp³-hybridized carbons (Fsp3) is 0.375. The number of aromatic nitrogens is 1. The van der Waals surface area contributed by atoms with E-state index in [1.165, 1.54) is 5.69 Å². The molecule has 1 N–H and O–H groups in total. The molecular weight excluding hydrogens is 291 g/mol. The fourth-order valence-corrected chi connectivity index (χ4v) is 2.59. The first-order valence-electron chi connectivity index (χ1n) is 6.94. The van der Waals surface area contributed by atoms with Crippen LogP contribution in [0.25, 0.3) is 0 Å². The van der Waals surface area contributed by atoms with Gasteiger partial charge in [0.05, 0.1) is 10.0 Å². The number of nitrogens with one attached hydrogen (secondary N) is 1. The first kappa shape index (κ1) is 15.4. The van der Waals surface area contributed by atoms with Gasteiger partial charge in [0, 0.05) is 24.5 Å². The van der Waals surface area contributed by atoms with E-state index in [1.807, 2.05) is 18.2 Å². The lowest BCUT2D eigenvalue weighted by Gasteiger charge is -2.17. The Kier molecular flexibility index (Phi) is 5.53. The summed E-state index contributed by atoms with van der Waals surface area (Å²) >= 11 is 12.0. The largest absolute Gasteiger partial charge is 0.346 e. The van der Waals surface area contributed by atoms with Crippen LogP contribution in [0.5, 0.6) is 0 Å². The molecule has 0 saturated heterocycles. The maximum absolute atomic E-state index is 6.07. The summed E-state index contributed by atoms with van der Waals surface area (Å²) in [5.41, 5.74) is 2.43. The molecule has 108 valence electrons. The minimum Gasteiger partial charge on any atom is -0.346 e. The normalized spacial score (nSPS) is 12.6. The summed E-state index contributed by atoms with van der Waals surface area (Å²) < 4.78 is 2.24. The van der Waals surface area contributed by atoms with Crippen LogP contribution in [0.15, 0.2) is 36.5 Å². The van der Waals surface area contributed by atoms with Gasteiger partial charge in [-0.05, 0) is 49.7 Å². The SMILES string of the molecule is CCCNC(C)c1cccn1Cc1ccc(Cl)c(Cl)c1. The quantitative estimate of drug-likeness (QED) is 0.802. The maximum atomic E-state index is 6.07. The van der Waals surface area contributed by atoms with Crippen molar-refractivity contribution >= 4 is 23.2 Å². The number of hydrogen-bond donors (Lipinski definition) is 1. The molecule has 1 aromatic heterocycles. The molecule has 2 nitrogen and oxygen atoms in total. The highest BCUT2D eigenvalue weighted by molar-refractivity contribution is 6.42. The van der Waals surface area contributed by atoms with Gasteiger partial charge in [0.1, 0.15) is 0 Å².